The van der Waals surface area contributed by atoms with Crippen molar-refractivity contribution in [1.82, 2.24) is 4.90 Å². The summed E-state index contributed by atoms with van der Waals surface area (Å²) >= 11 is 0. The van der Waals surface area contributed by atoms with Crippen LogP contribution < -0.4 is 9.47 Å². The van der Waals surface area contributed by atoms with Gasteiger partial charge in [-0.25, -0.2) is 0 Å². The van der Waals surface area contributed by atoms with E-state index in [0.717, 1.165) is 31.0 Å². The van der Waals surface area contributed by atoms with Crippen LogP contribution in [0.4, 0.5) is 0 Å². The molecule has 3 nitrogen and oxygen atoms in total. The molecule has 2 aliphatic rings. The molecule has 2 heterocycles. The fourth-order valence-corrected chi connectivity index (χ4v) is 3.70. The molecule has 0 N–H and O–H groups in total. The average molecular weight is 318 g/mol. The molecule has 2 aromatic rings. The number of ether oxygens (including phenoxy) is 2. The maximum absolute atomic E-state index is 5.50. The molecule has 0 saturated carbocycles. The van der Waals surface area contributed by atoms with E-state index in [2.05, 4.69) is 41.3 Å². The molecule has 4 heteroatoms. The molecule has 2 aliphatic heterocycles. The van der Waals surface area contributed by atoms with E-state index in [1.54, 1.807) is 14.2 Å². The number of hydrogen-bond acceptors (Lipinski definition) is 3. The van der Waals surface area contributed by atoms with Gasteiger partial charge >= 0.3 is 0 Å². The van der Waals surface area contributed by atoms with E-state index in [-0.39, 0.29) is 12.4 Å². The Hall–Kier alpha value is -1.71. The Morgan fingerprint density at radius 1 is 0.955 bits per heavy atom. The van der Waals surface area contributed by atoms with Crippen LogP contribution in [0.1, 0.15) is 28.3 Å². The van der Waals surface area contributed by atoms with Gasteiger partial charge in [-0.1, -0.05) is 24.3 Å². The molecular weight excluding hydrogens is 298 g/mol. The van der Waals surface area contributed by atoms with Gasteiger partial charge in [0.05, 0.1) is 20.3 Å². The summed E-state index contributed by atoms with van der Waals surface area (Å²) in [4.78, 5) is 2.55. The fourth-order valence-electron chi connectivity index (χ4n) is 3.70. The molecule has 0 fully saturated rings. The van der Waals surface area contributed by atoms with Crippen molar-refractivity contribution in [3.8, 4) is 11.5 Å². The summed E-state index contributed by atoms with van der Waals surface area (Å²) in [5, 5.41) is 0. The fraction of sp³-hybridized carbons (Fsp3) is 0.333. The van der Waals surface area contributed by atoms with E-state index in [1.807, 2.05) is 0 Å². The minimum atomic E-state index is 0. The second kappa shape index (κ2) is 5.82. The molecule has 1 atom stereocenters. The highest BCUT2D eigenvalue weighted by atomic mass is 35.5. The molecule has 0 amide bonds. The van der Waals surface area contributed by atoms with Gasteiger partial charge in [-0.3, -0.25) is 4.90 Å². The lowest BCUT2D eigenvalue weighted by atomic mass is 9.89. The lowest BCUT2D eigenvalue weighted by molar-refractivity contribution is 0.230. The second-order valence-electron chi connectivity index (χ2n) is 5.73. The van der Waals surface area contributed by atoms with Crippen molar-refractivity contribution in [1.29, 1.82) is 0 Å². The van der Waals surface area contributed by atoms with Gasteiger partial charge < -0.3 is 9.47 Å². The maximum Gasteiger partial charge on any atom is 0.161 e. The Morgan fingerprint density at radius 3 is 2.45 bits per heavy atom. The van der Waals surface area contributed by atoms with Gasteiger partial charge in [0.25, 0.3) is 0 Å². The lowest BCUT2D eigenvalue weighted by Gasteiger charge is -2.33. The quantitative estimate of drug-likeness (QED) is 0.845. The van der Waals surface area contributed by atoms with Crippen molar-refractivity contribution in [2.24, 2.45) is 0 Å². The first-order chi connectivity index (χ1) is 10.3. The molecule has 0 saturated heterocycles. The Morgan fingerprint density at radius 2 is 1.68 bits per heavy atom. The normalized spacial score (nSPS) is 18.7. The van der Waals surface area contributed by atoms with E-state index < -0.39 is 0 Å². The van der Waals surface area contributed by atoms with Crippen molar-refractivity contribution < 1.29 is 9.47 Å². The molecule has 4 rings (SSSR count). The van der Waals surface area contributed by atoms with Crippen LogP contribution in [-0.2, 0) is 13.0 Å². The summed E-state index contributed by atoms with van der Waals surface area (Å²) in [6.45, 7) is 2.15. The van der Waals surface area contributed by atoms with Gasteiger partial charge in [0.15, 0.2) is 11.5 Å². The van der Waals surface area contributed by atoms with Crippen LogP contribution in [0.25, 0.3) is 0 Å². The number of methoxy groups -OCH3 is 2. The van der Waals surface area contributed by atoms with E-state index >= 15 is 0 Å². The monoisotopic (exact) mass is 317 g/mol. The molecule has 0 aliphatic carbocycles. The zero-order valence-corrected chi connectivity index (χ0v) is 13.7. The summed E-state index contributed by atoms with van der Waals surface area (Å²) in [6, 6.07) is 13.4. The van der Waals surface area contributed by atoms with Gasteiger partial charge in [0, 0.05) is 13.1 Å². The smallest absolute Gasteiger partial charge is 0.161 e. The highest BCUT2D eigenvalue weighted by molar-refractivity contribution is 5.85. The Kier molecular flexibility index (Phi) is 4.02. The highest BCUT2D eigenvalue weighted by Crippen LogP contribution is 2.45. The number of hydrogen-bond donors (Lipinski definition) is 0. The molecule has 0 radical (unpaired) electrons. The van der Waals surface area contributed by atoms with Crippen LogP contribution >= 0.6 is 12.4 Å². The largest absolute Gasteiger partial charge is 0.493 e. The third-order valence-corrected chi connectivity index (χ3v) is 4.70. The standard InChI is InChI=1S/C18H19NO2.ClH/c1-20-16-9-12-7-8-19-11-13-5-3-4-6-14(13)18(19)15(12)10-17(16)21-2;/h3-6,9-10,18H,7-8,11H2,1-2H3;1H. The number of halogens is 1. The molecule has 0 aromatic heterocycles. The molecule has 22 heavy (non-hydrogen) atoms. The first kappa shape index (κ1) is 15.2. The van der Waals surface area contributed by atoms with Crippen molar-refractivity contribution in [3.05, 3.63) is 58.7 Å². The first-order valence-corrected chi connectivity index (χ1v) is 7.38. The summed E-state index contributed by atoms with van der Waals surface area (Å²) < 4.78 is 10.9. The molecule has 0 spiro atoms. The van der Waals surface area contributed by atoms with E-state index in [1.165, 1.54) is 22.3 Å². The molecule has 1 unspecified atom stereocenters. The van der Waals surface area contributed by atoms with Crippen molar-refractivity contribution >= 4 is 12.4 Å². The zero-order valence-electron chi connectivity index (χ0n) is 12.8. The Bertz CT molecular complexity index is 701. The minimum Gasteiger partial charge on any atom is -0.493 e. The third-order valence-electron chi connectivity index (χ3n) is 4.70. The zero-order chi connectivity index (χ0) is 14.4. The molecule has 2 aromatic carbocycles. The van der Waals surface area contributed by atoms with Gasteiger partial charge in [0.1, 0.15) is 0 Å². The predicted molar refractivity (Wildman–Crippen MR) is 89.2 cm³/mol. The van der Waals surface area contributed by atoms with Crippen molar-refractivity contribution in [2.45, 2.75) is 19.0 Å². The minimum absolute atomic E-state index is 0. The number of nitrogens with zero attached hydrogens (tertiary/aromatic N) is 1. The Labute approximate surface area is 137 Å². The van der Waals surface area contributed by atoms with Gasteiger partial charge in [-0.2, -0.15) is 0 Å². The highest BCUT2D eigenvalue weighted by Gasteiger charge is 2.35. The summed E-state index contributed by atoms with van der Waals surface area (Å²) in [6.07, 6.45) is 1.07. The third kappa shape index (κ3) is 2.16. The topological polar surface area (TPSA) is 21.7 Å². The van der Waals surface area contributed by atoms with E-state index in [4.69, 9.17) is 9.47 Å². The van der Waals surface area contributed by atoms with Crippen LogP contribution in [0.2, 0.25) is 0 Å². The van der Waals surface area contributed by atoms with Gasteiger partial charge in [-0.05, 0) is 40.8 Å². The maximum atomic E-state index is 5.50. The van der Waals surface area contributed by atoms with Crippen LogP contribution in [-0.4, -0.2) is 25.7 Å². The van der Waals surface area contributed by atoms with Crippen molar-refractivity contribution in [3.63, 3.8) is 0 Å². The number of fused-ring (bicyclic) bond motifs is 5. The first-order valence-electron chi connectivity index (χ1n) is 7.38. The number of rotatable bonds is 2. The SMILES string of the molecule is COc1cc2c(cc1OC)C1c3ccccc3CN1CC2.Cl. The van der Waals surface area contributed by atoms with E-state index in [9.17, 15) is 0 Å². The van der Waals surface area contributed by atoms with Crippen LogP contribution in [0.15, 0.2) is 36.4 Å². The number of benzene rings is 2. The summed E-state index contributed by atoms with van der Waals surface area (Å²) in [5.74, 6) is 1.65. The van der Waals surface area contributed by atoms with Crippen LogP contribution in [0.5, 0.6) is 11.5 Å². The van der Waals surface area contributed by atoms with Crippen LogP contribution in [0.3, 0.4) is 0 Å². The molecular formula is C18H20ClNO2. The Balaban J connectivity index is 0.00000144. The summed E-state index contributed by atoms with van der Waals surface area (Å²) in [7, 11) is 3.40. The van der Waals surface area contributed by atoms with Gasteiger partial charge in [-0.15, -0.1) is 12.4 Å². The van der Waals surface area contributed by atoms with Crippen LogP contribution in [0, 0.1) is 0 Å². The van der Waals surface area contributed by atoms with E-state index in [0.29, 0.717) is 6.04 Å². The molecule has 116 valence electrons. The van der Waals surface area contributed by atoms with Crippen molar-refractivity contribution in [2.75, 3.05) is 20.8 Å². The van der Waals surface area contributed by atoms with Gasteiger partial charge in [0.2, 0.25) is 0 Å². The second-order valence-corrected chi connectivity index (χ2v) is 5.73. The predicted octanol–water partition coefficient (Wildman–Crippen LogP) is 3.59. The summed E-state index contributed by atoms with van der Waals surface area (Å²) in [5.41, 5.74) is 5.63. The lowest BCUT2D eigenvalue weighted by Crippen LogP contribution is -2.30. The molecule has 0 bridgehead atoms. The average Bonchev–Trinajstić information content (AvgIpc) is 2.92.